The minimum Gasteiger partial charge on any atom is -0.413 e. The van der Waals surface area contributed by atoms with Gasteiger partial charge in [-0.05, 0) is 52.7 Å². The molecule has 0 radical (unpaired) electrons. The molecule has 5 heteroatoms. The Morgan fingerprint density at radius 3 is 2.22 bits per heavy atom. The van der Waals surface area contributed by atoms with Crippen molar-refractivity contribution in [2.24, 2.45) is 0 Å². The first-order chi connectivity index (χ1) is 11.1. The van der Waals surface area contributed by atoms with Gasteiger partial charge >= 0.3 is 7.75 Å². The third kappa shape index (κ3) is 3.56. The average molecular weight is 329 g/mol. The van der Waals surface area contributed by atoms with Crippen LogP contribution in [0.2, 0.25) is 0 Å². The second-order valence-electron chi connectivity index (χ2n) is 5.23. The van der Waals surface area contributed by atoms with Gasteiger partial charge in [0, 0.05) is 6.54 Å². The summed E-state index contributed by atoms with van der Waals surface area (Å²) in [6.45, 7) is 4.49. The molecule has 3 aromatic carbocycles. The molecule has 3 aromatic rings. The standard InChI is InChI=1S/C18H20NO3P/c1-3-19-23(20,21-4-2)22-18-10-9-16-11-14-7-5-6-8-15(14)12-17(16)13-18/h5-13H,3-4H2,1-2H3,(H,19,20). The largest absolute Gasteiger partial charge is 0.458 e. The van der Waals surface area contributed by atoms with Crippen LogP contribution in [0.25, 0.3) is 21.5 Å². The molecule has 1 unspecified atom stereocenters. The highest BCUT2D eigenvalue weighted by Gasteiger charge is 2.24. The van der Waals surface area contributed by atoms with E-state index in [-0.39, 0.29) is 0 Å². The lowest BCUT2D eigenvalue weighted by Gasteiger charge is -2.18. The molecule has 0 amide bonds. The summed E-state index contributed by atoms with van der Waals surface area (Å²) in [6, 6.07) is 18.1. The van der Waals surface area contributed by atoms with Crippen LogP contribution < -0.4 is 9.61 Å². The van der Waals surface area contributed by atoms with Gasteiger partial charge in [-0.1, -0.05) is 37.3 Å². The van der Waals surface area contributed by atoms with E-state index in [9.17, 15) is 4.57 Å². The topological polar surface area (TPSA) is 47.6 Å². The van der Waals surface area contributed by atoms with Crippen LogP contribution in [0.5, 0.6) is 5.75 Å². The van der Waals surface area contributed by atoms with Crippen molar-refractivity contribution >= 4 is 29.3 Å². The first-order valence-corrected chi connectivity index (χ1v) is 9.29. The van der Waals surface area contributed by atoms with Gasteiger partial charge in [0.25, 0.3) is 0 Å². The zero-order valence-corrected chi connectivity index (χ0v) is 14.2. The molecular weight excluding hydrogens is 309 g/mol. The maximum atomic E-state index is 12.6. The van der Waals surface area contributed by atoms with Gasteiger partial charge in [-0.25, -0.2) is 9.65 Å². The van der Waals surface area contributed by atoms with Gasteiger partial charge in [0.2, 0.25) is 0 Å². The average Bonchev–Trinajstić information content (AvgIpc) is 2.53. The Balaban J connectivity index is 1.98. The highest BCUT2D eigenvalue weighted by atomic mass is 31.2. The van der Waals surface area contributed by atoms with Crippen molar-refractivity contribution in [2.75, 3.05) is 13.2 Å². The summed E-state index contributed by atoms with van der Waals surface area (Å²) in [4.78, 5) is 0. The van der Waals surface area contributed by atoms with Crippen LogP contribution in [0.1, 0.15) is 13.8 Å². The van der Waals surface area contributed by atoms with Gasteiger partial charge in [0.1, 0.15) is 5.75 Å². The molecule has 0 spiro atoms. The van der Waals surface area contributed by atoms with Crippen molar-refractivity contribution in [1.82, 2.24) is 5.09 Å². The highest BCUT2D eigenvalue weighted by molar-refractivity contribution is 7.52. The van der Waals surface area contributed by atoms with Crippen molar-refractivity contribution in [1.29, 1.82) is 0 Å². The Morgan fingerprint density at radius 1 is 0.913 bits per heavy atom. The summed E-state index contributed by atoms with van der Waals surface area (Å²) in [5, 5.41) is 7.32. The summed E-state index contributed by atoms with van der Waals surface area (Å²) >= 11 is 0. The lowest BCUT2D eigenvalue weighted by molar-refractivity contribution is 0.270. The second-order valence-corrected chi connectivity index (χ2v) is 6.98. The van der Waals surface area contributed by atoms with E-state index < -0.39 is 7.75 Å². The summed E-state index contributed by atoms with van der Waals surface area (Å²) in [6.07, 6.45) is 0. The van der Waals surface area contributed by atoms with Crippen molar-refractivity contribution in [3.63, 3.8) is 0 Å². The molecule has 0 bridgehead atoms. The van der Waals surface area contributed by atoms with Crippen LogP contribution in [-0.2, 0) is 9.09 Å². The van der Waals surface area contributed by atoms with Gasteiger partial charge in [-0.15, -0.1) is 0 Å². The van der Waals surface area contributed by atoms with Crippen LogP contribution in [0.4, 0.5) is 0 Å². The molecule has 0 heterocycles. The number of benzene rings is 3. The lowest BCUT2D eigenvalue weighted by atomic mass is 10.0. The van der Waals surface area contributed by atoms with E-state index in [0.717, 1.165) is 16.2 Å². The Kier molecular flexibility index (Phi) is 4.67. The minimum atomic E-state index is -3.32. The molecular formula is C18H20NO3P. The number of rotatable bonds is 6. The molecule has 4 nitrogen and oxygen atoms in total. The molecule has 0 saturated carbocycles. The van der Waals surface area contributed by atoms with Crippen molar-refractivity contribution in [3.8, 4) is 5.75 Å². The summed E-state index contributed by atoms with van der Waals surface area (Å²) in [5.74, 6) is 0.533. The fraction of sp³-hybridized carbons (Fsp3) is 0.222. The zero-order chi connectivity index (χ0) is 16.3. The fourth-order valence-electron chi connectivity index (χ4n) is 2.58. The van der Waals surface area contributed by atoms with E-state index >= 15 is 0 Å². The molecule has 1 N–H and O–H groups in total. The SMILES string of the molecule is CCNP(=O)(OCC)Oc1ccc2cc3ccccc3cc2c1. The normalized spacial score (nSPS) is 14.0. The van der Waals surface area contributed by atoms with Gasteiger partial charge in [0.05, 0.1) is 6.61 Å². The van der Waals surface area contributed by atoms with Gasteiger partial charge < -0.3 is 4.52 Å². The molecule has 0 saturated heterocycles. The molecule has 23 heavy (non-hydrogen) atoms. The molecule has 0 aliphatic heterocycles. The molecule has 3 rings (SSSR count). The smallest absolute Gasteiger partial charge is 0.413 e. The molecule has 120 valence electrons. The van der Waals surface area contributed by atoms with Crippen molar-refractivity contribution in [3.05, 3.63) is 54.6 Å². The monoisotopic (exact) mass is 329 g/mol. The minimum absolute atomic E-state index is 0.322. The van der Waals surface area contributed by atoms with Crippen LogP contribution >= 0.6 is 7.75 Å². The van der Waals surface area contributed by atoms with Gasteiger partial charge in [-0.2, -0.15) is 0 Å². The summed E-state index contributed by atoms with van der Waals surface area (Å²) in [5.41, 5.74) is 0. The van der Waals surface area contributed by atoms with E-state index in [1.165, 1.54) is 5.39 Å². The van der Waals surface area contributed by atoms with Crippen LogP contribution in [0.15, 0.2) is 54.6 Å². The molecule has 0 aliphatic carbocycles. The predicted octanol–water partition coefficient (Wildman–Crippen LogP) is 5.13. The first-order valence-electron chi connectivity index (χ1n) is 7.75. The molecule has 0 aromatic heterocycles. The maximum absolute atomic E-state index is 12.6. The third-order valence-corrected chi connectivity index (χ3v) is 5.31. The Labute approximate surface area is 136 Å². The fourth-order valence-corrected chi connectivity index (χ4v) is 3.91. The highest BCUT2D eigenvalue weighted by Crippen LogP contribution is 2.44. The Morgan fingerprint density at radius 2 is 1.57 bits per heavy atom. The maximum Gasteiger partial charge on any atom is 0.458 e. The Bertz CT molecular complexity index is 868. The van der Waals surface area contributed by atoms with Crippen LogP contribution in [-0.4, -0.2) is 13.2 Å². The predicted molar refractivity (Wildman–Crippen MR) is 95.0 cm³/mol. The van der Waals surface area contributed by atoms with Gasteiger partial charge in [-0.3, -0.25) is 4.52 Å². The number of hydrogen-bond donors (Lipinski definition) is 1. The van der Waals surface area contributed by atoms with E-state index in [2.05, 4.69) is 29.4 Å². The number of fused-ring (bicyclic) bond motifs is 2. The third-order valence-electron chi connectivity index (χ3n) is 3.55. The lowest BCUT2D eigenvalue weighted by Crippen LogP contribution is -2.16. The molecule has 0 aliphatic rings. The second kappa shape index (κ2) is 6.71. The van der Waals surface area contributed by atoms with E-state index in [0.29, 0.717) is 18.9 Å². The number of hydrogen-bond acceptors (Lipinski definition) is 3. The van der Waals surface area contributed by atoms with Crippen molar-refractivity contribution < 1.29 is 13.6 Å². The van der Waals surface area contributed by atoms with E-state index in [1.54, 1.807) is 6.92 Å². The van der Waals surface area contributed by atoms with Crippen LogP contribution in [0.3, 0.4) is 0 Å². The van der Waals surface area contributed by atoms with Crippen molar-refractivity contribution in [2.45, 2.75) is 13.8 Å². The quantitative estimate of drug-likeness (QED) is 0.503. The van der Waals surface area contributed by atoms with Crippen LogP contribution in [0, 0.1) is 0 Å². The zero-order valence-electron chi connectivity index (χ0n) is 13.3. The molecule has 0 fully saturated rings. The first kappa shape index (κ1) is 16.0. The summed E-state index contributed by atoms with van der Waals surface area (Å²) in [7, 11) is -3.32. The van der Waals surface area contributed by atoms with E-state index in [4.69, 9.17) is 9.05 Å². The van der Waals surface area contributed by atoms with Gasteiger partial charge in [0.15, 0.2) is 0 Å². The summed E-state index contributed by atoms with van der Waals surface area (Å²) < 4.78 is 23.5. The van der Waals surface area contributed by atoms with E-state index in [1.807, 2.05) is 37.3 Å². The number of nitrogens with one attached hydrogen (secondary N) is 1. The Hall–Kier alpha value is -1.87. The molecule has 1 atom stereocenters.